The minimum Gasteiger partial charge on any atom is -0.338 e. The van der Waals surface area contributed by atoms with Gasteiger partial charge in [-0.15, -0.1) is 0 Å². The summed E-state index contributed by atoms with van der Waals surface area (Å²) >= 11 is 12.0. The Bertz CT molecular complexity index is 1270. The van der Waals surface area contributed by atoms with E-state index < -0.39 is 0 Å². The van der Waals surface area contributed by atoms with Crippen molar-refractivity contribution in [3.8, 4) is 11.4 Å². The molecule has 1 saturated heterocycles. The Hall–Kier alpha value is -3.16. The number of rotatable bonds is 4. The zero-order chi connectivity index (χ0) is 23.5. The van der Waals surface area contributed by atoms with Gasteiger partial charge in [0, 0.05) is 41.7 Å². The molecular formula is C24H22Cl2N4O3. The molecule has 1 fully saturated rings. The van der Waals surface area contributed by atoms with Crippen molar-refractivity contribution in [2.24, 2.45) is 5.92 Å². The molecule has 1 atom stereocenters. The lowest BCUT2D eigenvalue weighted by atomic mass is 9.96. The van der Waals surface area contributed by atoms with E-state index in [2.05, 4.69) is 15.3 Å². The quantitative estimate of drug-likeness (QED) is 0.567. The summed E-state index contributed by atoms with van der Waals surface area (Å²) in [5.41, 5.74) is 2.10. The number of aromatic nitrogens is 2. The standard InChI is InChI=1S/C24H22Cl2N4O3/c1-14-10-21(31)29-22(27-14)15-4-2-6-18(11-15)28-23(32)17-5-3-9-30(13-17)24(33)16-7-8-19(25)20(26)12-16/h2,4,6-8,10-12,17H,3,5,9,13H2,1H3,(H,28,32)(H,27,29,31). The van der Waals surface area contributed by atoms with E-state index in [0.29, 0.717) is 57.9 Å². The maximum Gasteiger partial charge on any atom is 0.253 e. The number of H-pyrrole nitrogens is 1. The SMILES string of the molecule is Cc1cc(=O)[nH]c(-c2cccc(NC(=O)C3CCCN(C(=O)c4ccc(Cl)c(Cl)c4)C3)c2)n1. The number of likely N-dealkylation sites (tertiary alicyclic amines) is 1. The van der Waals surface area contributed by atoms with Gasteiger partial charge in [0.25, 0.3) is 11.5 Å². The highest BCUT2D eigenvalue weighted by Gasteiger charge is 2.29. The summed E-state index contributed by atoms with van der Waals surface area (Å²) in [6.45, 7) is 2.64. The smallest absolute Gasteiger partial charge is 0.253 e. The first kappa shape index (κ1) is 23.0. The third-order valence-electron chi connectivity index (χ3n) is 5.52. The minimum atomic E-state index is -0.342. The van der Waals surface area contributed by atoms with Gasteiger partial charge in [0.2, 0.25) is 5.91 Å². The number of aryl methyl sites for hydroxylation is 1. The van der Waals surface area contributed by atoms with E-state index in [4.69, 9.17) is 23.2 Å². The molecule has 2 N–H and O–H groups in total. The molecule has 0 saturated carbocycles. The van der Waals surface area contributed by atoms with Crippen LogP contribution in [0, 0.1) is 12.8 Å². The summed E-state index contributed by atoms with van der Waals surface area (Å²) in [5.74, 6) is -0.245. The molecule has 33 heavy (non-hydrogen) atoms. The van der Waals surface area contributed by atoms with Gasteiger partial charge < -0.3 is 15.2 Å². The highest BCUT2D eigenvalue weighted by atomic mass is 35.5. The number of piperidine rings is 1. The van der Waals surface area contributed by atoms with Crippen LogP contribution < -0.4 is 10.9 Å². The first-order valence-electron chi connectivity index (χ1n) is 10.5. The van der Waals surface area contributed by atoms with Crippen molar-refractivity contribution in [2.45, 2.75) is 19.8 Å². The number of anilines is 1. The molecular weight excluding hydrogens is 463 g/mol. The van der Waals surface area contributed by atoms with Crippen LogP contribution in [0.25, 0.3) is 11.4 Å². The topological polar surface area (TPSA) is 95.2 Å². The average Bonchev–Trinajstić information content (AvgIpc) is 2.80. The molecule has 1 unspecified atom stereocenters. The molecule has 2 amide bonds. The van der Waals surface area contributed by atoms with Gasteiger partial charge in [0.15, 0.2) is 0 Å². The Kier molecular flexibility index (Phi) is 6.81. The maximum absolute atomic E-state index is 13.0. The molecule has 7 nitrogen and oxygen atoms in total. The maximum atomic E-state index is 13.0. The Morgan fingerprint density at radius 3 is 2.70 bits per heavy atom. The zero-order valence-corrected chi connectivity index (χ0v) is 19.4. The van der Waals surface area contributed by atoms with Gasteiger partial charge in [-0.1, -0.05) is 35.3 Å². The number of nitrogens with one attached hydrogen (secondary N) is 2. The van der Waals surface area contributed by atoms with Crippen molar-refractivity contribution < 1.29 is 9.59 Å². The summed E-state index contributed by atoms with van der Waals surface area (Å²) in [7, 11) is 0. The predicted octanol–water partition coefficient (Wildman–Crippen LogP) is 4.54. The molecule has 3 aromatic rings. The van der Waals surface area contributed by atoms with Crippen LogP contribution in [0.15, 0.2) is 53.3 Å². The molecule has 0 radical (unpaired) electrons. The van der Waals surface area contributed by atoms with Crippen LogP contribution >= 0.6 is 23.2 Å². The number of hydrogen-bond acceptors (Lipinski definition) is 4. The Labute approximate surface area is 200 Å². The zero-order valence-electron chi connectivity index (χ0n) is 17.9. The van der Waals surface area contributed by atoms with Crippen molar-refractivity contribution in [3.63, 3.8) is 0 Å². The summed E-state index contributed by atoms with van der Waals surface area (Å²) in [6.07, 6.45) is 1.41. The summed E-state index contributed by atoms with van der Waals surface area (Å²) in [6, 6.07) is 13.3. The molecule has 1 aromatic heterocycles. The van der Waals surface area contributed by atoms with E-state index in [1.807, 2.05) is 6.07 Å². The third kappa shape index (κ3) is 5.43. The van der Waals surface area contributed by atoms with Gasteiger partial charge >= 0.3 is 0 Å². The van der Waals surface area contributed by atoms with Crippen molar-refractivity contribution in [1.29, 1.82) is 0 Å². The number of amides is 2. The van der Waals surface area contributed by atoms with Gasteiger partial charge in [-0.2, -0.15) is 0 Å². The van der Waals surface area contributed by atoms with Gasteiger partial charge in [0.05, 0.1) is 16.0 Å². The number of halogens is 2. The fourth-order valence-corrected chi connectivity index (χ4v) is 4.19. The van der Waals surface area contributed by atoms with E-state index >= 15 is 0 Å². The van der Waals surface area contributed by atoms with Crippen LogP contribution in [-0.2, 0) is 4.79 Å². The summed E-state index contributed by atoms with van der Waals surface area (Å²) in [5, 5.41) is 3.63. The van der Waals surface area contributed by atoms with Crippen molar-refractivity contribution >= 4 is 40.7 Å². The third-order valence-corrected chi connectivity index (χ3v) is 6.26. The lowest BCUT2D eigenvalue weighted by molar-refractivity contribution is -0.121. The number of aromatic amines is 1. The van der Waals surface area contributed by atoms with Crippen molar-refractivity contribution in [2.75, 3.05) is 18.4 Å². The molecule has 9 heteroatoms. The first-order chi connectivity index (χ1) is 15.8. The van der Waals surface area contributed by atoms with E-state index in [0.717, 1.165) is 6.42 Å². The molecule has 1 aliphatic heterocycles. The number of carbonyl (C=O) groups is 2. The molecule has 0 spiro atoms. The van der Waals surface area contributed by atoms with Gasteiger partial charge in [0.1, 0.15) is 5.82 Å². The summed E-state index contributed by atoms with van der Waals surface area (Å²) in [4.78, 5) is 46.4. The Morgan fingerprint density at radius 2 is 1.94 bits per heavy atom. The molecule has 0 aliphatic carbocycles. The largest absolute Gasteiger partial charge is 0.338 e. The molecule has 1 aliphatic rings. The molecule has 2 aromatic carbocycles. The second kappa shape index (κ2) is 9.77. The van der Waals surface area contributed by atoms with E-state index in [-0.39, 0.29) is 23.3 Å². The molecule has 2 heterocycles. The monoisotopic (exact) mass is 484 g/mol. The number of benzene rings is 2. The minimum absolute atomic E-state index is 0.163. The Balaban J connectivity index is 1.45. The van der Waals surface area contributed by atoms with Gasteiger partial charge in [-0.3, -0.25) is 14.4 Å². The lowest BCUT2D eigenvalue weighted by Crippen LogP contribution is -2.43. The number of hydrogen-bond donors (Lipinski definition) is 2. The molecule has 170 valence electrons. The van der Waals surface area contributed by atoms with Crippen LogP contribution in [-0.4, -0.2) is 39.8 Å². The highest BCUT2D eigenvalue weighted by molar-refractivity contribution is 6.42. The van der Waals surface area contributed by atoms with Crippen LogP contribution in [0.1, 0.15) is 28.9 Å². The predicted molar refractivity (Wildman–Crippen MR) is 129 cm³/mol. The molecule has 0 bridgehead atoms. The van der Waals surface area contributed by atoms with Crippen molar-refractivity contribution in [3.05, 3.63) is 80.2 Å². The van der Waals surface area contributed by atoms with Crippen LogP contribution in [0.5, 0.6) is 0 Å². The van der Waals surface area contributed by atoms with Crippen LogP contribution in [0.3, 0.4) is 0 Å². The van der Waals surface area contributed by atoms with Gasteiger partial charge in [-0.25, -0.2) is 4.98 Å². The van der Waals surface area contributed by atoms with Crippen LogP contribution in [0.2, 0.25) is 10.0 Å². The van der Waals surface area contributed by atoms with Crippen molar-refractivity contribution in [1.82, 2.24) is 14.9 Å². The second-order valence-electron chi connectivity index (χ2n) is 8.02. The van der Waals surface area contributed by atoms with Crippen LogP contribution in [0.4, 0.5) is 5.69 Å². The molecule has 4 rings (SSSR count). The first-order valence-corrected chi connectivity index (χ1v) is 11.3. The Morgan fingerprint density at radius 1 is 1.12 bits per heavy atom. The normalized spacial score (nSPS) is 15.8. The van der Waals surface area contributed by atoms with E-state index in [9.17, 15) is 14.4 Å². The van der Waals surface area contributed by atoms with E-state index in [1.165, 1.54) is 6.07 Å². The number of nitrogens with zero attached hydrogens (tertiary/aromatic N) is 2. The second-order valence-corrected chi connectivity index (χ2v) is 8.84. The fourth-order valence-electron chi connectivity index (χ4n) is 3.89. The lowest BCUT2D eigenvalue weighted by Gasteiger charge is -2.32. The van der Waals surface area contributed by atoms with E-state index in [1.54, 1.807) is 48.2 Å². The fraction of sp³-hybridized carbons (Fsp3) is 0.250. The summed E-state index contributed by atoms with van der Waals surface area (Å²) < 4.78 is 0. The average molecular weight is 485 g/mol. The highest BCUT2D eigenvalue weighted by Crippen LogP contribution is 2.26. The number of carbonyl (C=O) groups excluding carboxylic acids is 2. The van der Waals surface area contributed by atoms with Gasteiger partial charge in [-0.05, 0) is 50.1 Å².